The third kappa shape index (κ3) is 9.96. The molecular formula is C50H62N12O5. The van der Waals surface area contributed by atoms with E-state index in [1.54, 1.807) is 12.1 Å². The Balaban J connectivity index is 0.761. The van der Waals surface area contributed by atoms with Crippen LogP contribution < -0.4 is 25.8 Å². The van der Waals surface area contributed by atoms with E-state index in [0.29, 0.717) is 30.3 Å². The number of rotatable bonds is 9. The zero-order valence-electron chi connectivity index (χ0n) is 38.6. The van der Waals surface area contributed by atoms with Crippen molar-refractivity contribution < 1.29 is 24.6 Å². The van der Waals surface area contributed by atoms with Crippen LogP contribution >= 0.6 is 0 Å². The van der Waals surface area contributed by atoms with E-state index in [1.807, 2.05) is 80.5 Å². The largest absolute Gasteiger partial charge is 0.507 e. The van der Waals surface area contributed by atoms with Crippen LogP contribution in [0.1, 0.15) is 75.5 Å². The average molecular weight is 911 g/mol. The summed E-state index contributed by atoms with van der Waals surface area (Å²) in [7, 11) is 0. The lowest BCUT2D eigenvalue weighted by Gasteiger charge is -2.45. The molecule has 2 aromatic heterocycles. The highest BCUT2D eigenvalue weighted by molar-refractivity contribution is 5.93. The SMILES string of the molecule is C#Cc1ccc(CNC(=O)[C@@H]2C[C@@H](O)CN2C(=O)[C@@H](NC(=O)N2CCCC(N3CCC(c4cnc(N5CCN6c7cc(-c8ccccc8O)nnc7NC[C@H]6C5)nc4)CC3)C2)C(C)(C)C)cc1. The molecule has 0 spiro atoms. The maximum absolute atomic E-state index is 14.3. The number of phenolic OH excluding ortho intramolecular Hbond substituents is 1. The number of amides is 4. The maximum Gasteiger partial charge on any atom is 0.318 e. The number of hydrogen-bond acceptors (Lipinski definition) is 13. The number of phenols is 1. The molecule has 9 rings (SSSR count). The number of piperidine rings is 2. The Labute approximate surface area is 392 Å². The fourth-order valence-electron chi connectivity index (χ4n) is 10.4. The first-order valence-electron chi connectivity index (χ1n) is 23.7. The molecule has 0 bridgehead atoms. The second-order valence-electron chi connectivity index (χ2n) is 19.7. The third-order valence-electron chi connectivity index (χ3n) is 14.2. The van der Waals surface area contributed by atoms with Crippen molar-refractivity contribution in [3.63, 3.8) is 0 Å². The monoisotopic (exact) mass is 910 g/mol. The quantitative estimate of drug-likeness (QED) is 0.153. The third-order valence-corrected chi connectivity index (χ3v) is 14.2. The molecule has 5 aliphatic heterocycles. The molecule has 5 aliphatic rings. The van der Waals surface area contributed by atoms with E-state index in [4.69, 9.17) is 16.4 Å². The Morgan fingerprint density at radius 3 is 2.42 bits per heavy atom. The van der Waals surface area contributed by atoms with Crippen LogP contribution in [-0.2, 0) is 16.1 Å². The zero-order chi connectivity index (χ0) is 46.8. The van der Waals surface area contributed by atoms with Gasteiger partial charge in [0.2, 0.25) is 17.8 Å². The molecule has 5 N–H and O–H groups in total. The van der Waals surface area contributed by atoms with Crippen molar-refractivity contribution in [1.82, 2.24) is 45.5 Å². The molecule has 17 heteroatoms. The highest BCUT2D eigenvalue weighted by atomic mass is 16.3. The normalized spacial score (nSPS) is 22.8. The van der Waals surface area contributed by atoms with Crippen LogP contribution in [0.15, 0.2) is 67.0 Å². The number of para-hydroxylation sites is 1. The molecule has 2 aromatic carbocycles. The number of nitrogens with zero attached hydrogens (tertiary/aromatic N) is 9. The van der Waals surface area contributed by atoms with Gasteiger partial charge < -0.3 is 45.8 Å². The van der Waals surface area contributed by atoms with Gasteiger partial charge in [0.05, 0.1) is 23.5 Å². The lowest BCUT2D eigenvalue weighted by Crippen LogP contribution is -2.61. The number of hydrogen-bond donors (Lipinski definition) is 5. The first-order valence-corrected chi connectivity index (χ1v) is 23.7. The topological polar surface area (TPSA) is 196 Å². The van der Waals surface area contributed by atoms with Crippen molar-refractivity contribution >= 4 is 35.3 Å². The van der Waals surface area contributed by atoms with E-state index in [2.05, 4.69) is 46.8 Å². The Kier molecular flexibility index (Phi) is 13.2. The Morgan fingerprint density at radius 2 is 1.69 bits per heavy atom. The number of fused-ring (bicyclic) bond motifs is 3. The summed E-state index contributed by atoms with van der Waals surface area (Å²) in [6.07, 6.45) is 12.5. The van der Waals surface area contributed by atoms with Gasteiger partial charge in [0, 0.05) is 88.3 Å². The van der Waals surface area contributed by atoms with E-state index >= 15 is 0 Å². The number of aliphatic hydroxyl groups excluding tert-OH is 1. The smallest absolute Gasteiger partial charge is 0.318 e. The van der Waals surface area contributed by atoms with Crippen molar-refractivity contribution in [2.24, 2.45) is 5.41 Å². The number of aliphatic hydroxyl groups is 1. The van der Waals surface area contributed by atoms with Gasteiger partial charge in [0.25, 0.3) is 0 Å². The minimum atomic E-state index is -0.908. The van der Waals surface area contributed by atoms with E-state index < -0.39 is 23.6 Å². The van der Waals surface area contributed by atoms with Gasteiger partial charge in [0.15, 0.2) is 5.82 Å². The number of nitrogens with one attached hydrogen (secondary N) is 3. The summed E-state index contributed by atoms with van der Waals surface area (Å²) in [6, 6.07) is 14.8. The molecule has 4 aromatic rings. The van der Waals surface area contributed by atoms with E-state index in [1.165, 1.54) is 4.90 Å². The molecule has 0 aliphatic carbocycles. The number of terminal acetylenes is 1. The highest BCUT2D eigenvalue weighted by Crippen LogP contribution is 2.37. The molecule has 17 nitrogen and oxygen atoms in total. The number of piperazine rings is 1. The summed E-state index contributed by atoms with van der Waals surface area (Å²) in [6.45, 7) is 12.0. The summed E-state index contributed by atoms with van der Waals surface area (Å²) in [5.41, 5.74) is 4.36. The average Bonchev–Trinajstić information content (AvgIpc) is 3.76. The van der Waals surface area contributed by atoms with Gasteiger partial charge in [-0.05, 0) is 91.6 Å². The number of carbonyl (C=O) groups is 3. The Morgan fingerprint density at radius 1 is 0.925 bits per heavy atom. The fraction of sp³-hybridized carbons (Fsp3) is 0.500. The van der Waals surface area contributed by atoms with Gasteiger partial charge in [-0.1, -0.05) is 51.0 Å². The van der Waals surface area contributed by atoms with Crippen LogP contribution in [-0.4, -0.2) is 152 Å². The van der Waals surface area contributed by atoms with Crippen LogP contribution in [0.3, 0.4) is 0 Å². The minimum Gasteiger partial charge on any atom is -0.507 e. The number of urea groups is 1. The first-order chi connectivity index (χ1) is 32.3. The van der Waals surface area contributed by atoms with Gasteiger partial charge in [-0.25, -0.2) is 14.8 Å². The van der Waals surface area contributed by atoms with Crippen molar-refractivity contribution in [3.8, 4) is 29.4 Å². The molecule has 4 saturated heterocycles. The number of benzene rings is 2. The van der Waals surface area contributed by atoms with Gasteiger partial charge in [-0.15, -0.1) is 16.6 Å². The predicted molar refractivity (Wildman–Crippen MR) is 255 cm³/mol. The standard InChI is InChI=1S/C50H62N12O5/c1-5-32-12-14-33(15-13-32)25-52-46(65)42-23-38(63)31-62(42)47(66)44(50(2,3)4)55-49(67)60-18-8-9-36(29-60)58-19-16-34(17-20-58)35-26-53-48(54-27-35)59-21-22-61-37(30-59)28-51-45-41(61)24-40(56-57-45)39-10-6-7-11-43(39)64/h1,6-7,10-15,24,26-27,34,36-38,42,44,63-64H,8-9,16-23,25,28-31H2,2-4H3,(H,51,57)(H,52,65)(H,55,67)/t36?,37-,38+,42-,44+/m0/s1. The number of anilines is 3. The van der Waals surface area contributed by atoms with Crippen LogP contribution in [0.4, 0.5) is 22.2 Å². The van der Waals surface area contributed by atoms with Crippen LogP contribution in [0.25, 0.3) is 11.3 Å². The Bertz CT molecular complexity index is 2470. The molecule has 352 valence electrons. The number of likely N-dealkylation sites (tertiary alicyclic amines) is 3. The van der Waals surface area contributed by atoms with E-state index in [-0.39, 0.29) is 55.2 Å². The zero-order valence-corrected chi connectivity index (χ0v) is 38.6. The van der Waals surface area contributed by atoms with Crippen LogP contribution in [0, 0.1) is 17.8 Å². The molecule has 67 heavy (non-hydrogen) atoms. The maximum atomic E-state index is 14.3. The summed E-state index contributed by atoms with van der Waals surface area (Å²) in [4.78, 5) is 61.9. The van der Waals surface area contributed by atoms with E-state index in [0.717, 1.165) is 99.1 Å². The lowest BCUT2D eigenvalue weighted by atomic mass is 9.85. The molecule has 4 fully saturated rings. The second kappa shape index (κ2) is 19.4. The van der Waals surface area contributed by atoms with Crippen LogP contribution in [0.2, 0.25) is 0 Å². The first kappa shape index (κ1) is 45.6. The fourth-order valence-corrected chi connectivity index (χ4v) is 10.4. The van der Waals surface area contributed by atoms with Crippen molar-refractivity contribution in [2.75, 3.05) is 74.0 Å². The molecule has 1 unspecified atom stereocenters. The molecule has 0 saturated carbocycles. The summed E-state index contributed by atoms with van der Waals surface area (Å²) in [5, 5.41) is 39.4. The van der Waals surface area contributed by atoms with Gasteiger partial charge in [-0.3, -0.25) is 14.5 Å². The number of aromatic nitrogens is 4. The Hall–Kier alpha value is -6.51. The number of β-amino-alcohol motifs (C(OH)–C–C–N with tert-alkyl or cyclic N) is 1. The van der Waals surface area contributed by atoms with Crippen molar-refractivity contribution in [1.29, 1.82) is 0 Å². The molecule has 5 atom stereocenters. The molecule has 0 radical (unpaired) electrons. The van der Waals surface area contributed by atoms with Crippen molar-refractivity contribution in [3.05, 3.63) is 83.7 Å². The predicted octanol–water partition coefficient (Wildman–Crippen LogP) is 3.79. The number of carbonyl (C=O) groups excluding carboxylic acids is 3. The van der Waals surface area contributed by atoms with Gasteiger partial charge >= 0.3 is 6.03 Å². The van der Waals surface area contributed by atoms with E-state index in [9.17, 15) is 24.6 Å². The highest BCUT2D eigenvalue weighted by Gasteiger charge is 2.45. The lowest BCUT2D eigenvalue weighted by molar-refractivity contribution is -0.142. The summed E-state index contributed by atoms with van der Waals surface area (Å²) >= 11 is 0. The molecular weight excluding hydrogens is 849 g/mol. The van der Waals surface area contributed by atoms with Crippen LogP contribution in [0.5, 0.6) is 5.75 Å². The second-order valence-corrected chi connectivity index (χ2v) is 19.7. The summed E-state index contributed by atoms with van der Waals surface area (Å²) < 4.78 is 0. The van der Waals surface area contributed by atoms with Gasteiger partial charge in [-0.2, -0.15) is 0 Å². The number of aromatic hydroxyl groups is 1. The molecule has 7 heterocycles. The van der Waals surface area contributed by atoms with Gasteiger partial charge in [0.1, 0.15) is 17.8 Å². The molecule has 4 amide bonds. The summed E-state index contributed by atoms with van der Waals surface area (Å²) in [5.74, 6) is 3.85. The minimum absolute atomic E-state index is 0.0153. The van der Waals surface area contributed by atoms with Crippen molar-refractivity contribution in [2.45, 2.75) is 95.6 Å².